The molecule has 5 atom stereocenters. The van der Waals surface area contributed by atoms with Crippen molar-refractivity contribution in [1.82, 2.24) is 0 Å². The van der Waals surface area contributed by atoms with E-state index in [9.17, 15) is 14.4 Å². The fraction of sp³-hybridized carbons (Fsp3) is 0.864. The number of carbonyl (C=O) groups excluding carboxylic acids is 1. The normalized spacial score (nSPS) is 15.8. The summed E-state index contributed by atoms with van der Waals surface area (Å²) in [6, 6.07) is -1.88. The second-order valence-corrected chi connectivity index (χ2v) is 9.27. The van der Waals surface area contributed by atoms with Crippen LogP contribution in [0.4, 0.5) is 0 Å². The van der Waals surface area contributed by atoms with Crippen LogP contribution in [-0.2, 0) is 19.1 Å². The van der Waals surface area contributed by atoms with E-state index in [4.69, 9.17) is 32.2 Å². The molecule has 0 spiro atoms. The second kappa shape index (κ2) is 16.9. The Balaban J connectivity index is -0.000000390. The van der Waals surface area contributed by atoms with Gasteiger partial charge in [-0.25, -0.2) is 0 Å². The first-order valence-electron chi connectivity index (χ1n) is 10.9. The van der Waals surface area contributed by atoms with Gasteiger partial charge in [-0.05, 0) is 44.9 Å². The Kier molecular flexibility index (Phi) is 18.5. The molecule has 0 saturated carbocycles. The van der Waals surface area contributed by atoms with Crippen LogP contribution in [0.2, 0.25) is 0 Å². The molecule has 0 aliphatic heterocycles. The lowest BCUT2D eigenvalue weighted by Crippen LogP contribution is -2.41. The Hall–Kier alpha value is -1.71. The minimum absolute atomic E-state index is 0.0718. The zero-order valence-electron chi connectivity index (χ0n) is 20.8. The van der Waals surface area contributed by atoms with Crippen LogP contribution in [-0.4, -0.2) is 51.8 Å². The van der Waals surface area contributed by atoms with Crippen molar-refractivity contribution in [3.8, 4) is 0 Å². The Morgan fingerprint density at radius 2 is 1.19 bits per heavy atom. The standard InChI is InChI=1S/C10H21NO2.2C6H13NO2/c1-6-7(2)8(11)9(12)13-10(3,4)5;1-4(2)3-5(7)6(8)9;1-3-4(2)5(7)6(8)9/h7-8H,6,11H2,1-5H3;2*4-5H,3,7H2,1-2H3,(H,8,9). The number of rotatable bonds is 9. The van der Waals surface area contributed by atoms with Gasteiger partial charge in [-0.1, -0.05) is 54.4 Å². The maximum atomic E-state index is 11.4. The molecule has 0 rings (SSSR count). The molecule has 0 aliphatic rings. The van der Waals surface area contributed by atoms with Crippen molar-refractivity contribution in [3.63, 3.8) is 0 Å². The van der Waals surface area contributed by atoms with E-state index in [0.29, 0.717) is 12.3 Å². The predicted octanol–water partition coefficient (Wildman–Crippen LogP) is 2.59. The third-order valence-electron chi connectivity index (χ3n) is 4.52. The summed E-state index contributed by atoms with van der Waals surface area (Å²) < 4.78 is 5.16. The molecule has 0 aromatic carbocycles. The van der Waals surface area contributed by atoms with E-state index in [2.05, 4.69) is 0 Å². The van der Waals surface area contributed by atoms with Crippen LogP contribution in [0.5, 0.6) is 0 Å². The molecule has 0 radical (unpaired) electrons. The topological polar surface area (TPSA) is 179 Å². The van der Waals surface area contributed by atoms with Crippen molar-refractivity contribution in [2.75, 3.05) is 0 Å². The van der Waals surface area contributed by atoms with E-state index in [-0.39, 0.29) is 17.8 Å². The first kappa shape index (κ1) is 33.9. The summed E-state index contributed by atoms with van der Waals surface area (Å²) in [5.74, 6) is -1.52. The minimum Gasteiger partial charge on any atom is -0.480 e. The van der Waals surface area contributed by atoms with Gasteiger partial charge in [0.1, 0.15) is 23.7 Å². The lowest BCUT2D eigenvalue weighted by molar-refractivity contribution is -0.157. The molecule has 0 saturated heterocycles. The van der Waals surface area contributed by atoms with Crippen LogP contribution in [0.25, 0.3) is 0 Å². The van der Waals surface area contributed by atoms with Crippen LogP contribution in [0.1, 0.15) is 81.6 Å². The Labute approximate surface area is 188 Å². The van der Waals surface area contributed by atoms with Crippen molar-refractivity contribution < 1.29 is 29.3 Å². The zero-order valence-corrected chi connectivity index (χ0v) is 20.8. The predicted molar refractivity (Wildman–Crippen MR) is 123 cm³/mol. The fourth-order valence-corrected chi connectivity index (χ4v) is 1.96. The molecule has 0 aromatic rings. The van der Waals surface area contributed by atoms with E-state index in [1.54, 1.807) is 0 Å². The number of esters is 1. The molecule has 5 unspecified atom stereocenters. The molecule has 31 heavy (non-hydrogen) atoms. The van der Waals surface area contributed by atoms with Gasteiger partial charge < -0.3 is 32.2 Å². The molecule has 9 nitrogen and oxygen atoms in total. The SMILES string of the molecule is CC(C)CC(N)C(=O)O.CCC(C)C(N)C(=O)O.CCC(C)C(N)C(=O)OC(C)(C)C. The van der Waals surface area contributed by atoms with Crippen molar-refractivity contribution >= 4 is 17.9 Å². The van der Waals surface area contributed by atoms with Crippen LogP contribution < -0.4 is 17.2 Å². The molecular weight excluding hydrogens is 402 g/mol. The van der Waals surface area contributed by atoms with Gasteiger partial charge in [0.2, 0.25) is 0 Å². The molecule has 9 heteroatoms. The Morgan fingerprint density at radius 1 is 0.806 bits per heavy atom. The summed E-state index contributed by atoms with van der Waals surface area (Å²) in [4.78, 5) is 31.7. The monoisotopic (exact) mass is 449 g/mol. The Morgan fingerprint density at radius 3 is 1.39 bits per heavy atom. The third kappa shape index (κ3) is 20.0. The average Bonchev–Trinajstić information content (AvgIpc) is 2.64. The van der Waals surface area contributed by atoms with Gasteiger partial charge >= 0.3 is 17.9 Å². The van der Waals surface area contributed by atoms with Crippen molar-refractivity contribution in [3.05, 3.63) is 0 Å². The average molecular weight is 450 g/mol. The molecule has 0 fully saturated rings. The number of nitrogens with two attached hydrogens (primary N) is 3. The van der Waals surface area contributed by atoms with E-state index < -0.39 is 35.7 Å². The number of carboxylic acid groups (broad SMARTS) is 2. The van der Waals surface area contributed by atoms with Crippen LogP contribution in [0.3, 0.4) is 0 Å². The molecule has 0 amide bonds. The van der Waals surface area contributed by atoms with E-state index >= 15 is 0 Å². The highest BCUT2D eigenvalue weighted by atomic mass is 16.6. The molecule has 0 bridgehead atoms. The van der Waals surface area contributed by atoms with Crippen molar-refractivity contribution in [2.24, 2.45) is 35.0 Å². The van der Waals surface area contributed by atoms with Crippen molar-refractivity contribution in [2.45, 2.75) is 105 Å². The van der Waals surface area contributed by atoms with Gasteiger partial charge in [0.05, 0.1) is 0 Å². The lowest BCUT2D eigenvalue weighted by atomic mass is 10.00. The van der Waals surface area contributed by atoms with Crippen LogP contribution in [0.15, 0.2) is 0 Å². The van der Waals surface area contributed by atoms with Gasteiger partial charge in [0, 0.05) is 0 Å². The fourth-order valence-electron chi connectivity index (χ4n) is 1.96. The Bertz CT molecular complexity index is 520. The number of ether oxygens (including phenoxy) is 1. The number of hydrogen-bond donors (Lipinski definition) is 5. The smallest absolute Gasteiger partial charge is 0.323 e. The van der Waals surface area contributed by atoms with Gasteiger partial charge in [0.15, 0.2) is 0 Å². The van der Waals surface area contributed by atoms with Gasteiger partial charge in [0.25, 0.3) is 0 Å². The molecular formula is C22H47N3O6. The van der Waals surface area contributed by atoms with E-state index in [1.807, 2.05) is 62.3 Å². The van der Waals surface area contributed by atoms with Crippen molar-refractivity contribution in [1.29, 1.82) is 0 Å². The third-order valence-corrected chi connectivity index (χ3v) is 4.52. The quantitative estimate of drug-likeness (QED) is 0.331. The summed E-state index contributed by atoms with van der Waals surface area (Å²) in [6.45, 7) is 17.1. The van der Waals surface area contributed by atoms with E-state index in [1.165, 1.54) is 0 Å². The van der Waals surface area contributed by atoms with Crippen LogP contribution in [0, 0.1) is 17.8 Å². The van der Waals surface area contributed by atoms with E-state index in [0.717, 1.165) is 12.8 Å². The van der Waals surface area contributed by atoms with Crippen LogP contribution >= 0.6 is 0 Å². The lowest BCUT2D eigenvalue weighted by Gasteiger charge is -2.24. The van der Waals surface area contributed by atoms with Gasteiger partial charge in [-0.15, -0.1) is 0 Å². The highest BCUT2D eigenvalue weighted by Crippen LogP contribution is 2.12. The number of carboxylic acids is 2. The zero-order chi connectivity index (χ0) is 25.5. The first-order chi connectivity index (χ1) is 13.9. The number of hydrogen-bond acceptors (Lipinski definition) is 7. The highest BCUT2D eigenvalue weighted by molar-refractivity contribution is 5.76. The van der Waals surface area contributed by atoms with Gasteiger partial charge in [-0.3, -0.25) is 14.4 Å². The summed E-state index contributed by atoms with van der Waals surface area (Å²) >= 11 is 0. The van der Waals surface area contributed by atoms with Gasteiger partial charge in [-0.2, -0.15) is 0 Å². The molecule has 0 aromatic heterocycles. The summed E-state index contributed by atoms with van der Waals surface area (Å²) in [6.07, 6.45) is 2.25. The largest absolute Gasteiger partial charge is 0.480 e. The maximum absolute atomic E-state index is 11.4. The molecule has 8 N–H and O–H groups in total. The number of aliphatic carboxylic acids is 2. The molecule has 0 heterocycles. The summed E-state index contributed by atoms with van der Waals surface area (Å²) in [7, 11) is 0. The molecule has 0 aliphatic carbocycles. The molecule has 186 valence electrons. The summed E-state index contributed by atoms with van der Waals surface area (Å²) in [5.41, 5.74) is 15.8. The second-order valence-electron chi connectivity index (χ2n) is 9.27. The first-order valence-corrected chi connectivity index (χ1v) is 10.9. The maximum Gasteiger partial charge on any atom is 0.323 e. The number of carbonyl (C=O) groups is 3. The minimum atomic E-state index is -0.913. The highest BCUT2D eigenvalue weighted by Gasteiger charge is 2.25. The summed E-state index contributed by atoms with van der Waals surface area (Å²) in [5, 5.41) is 16.7.